The number of carboxylic acids is 2. The molecule has 0 unspecified atom stereocenters. The zero-order valence-corrected chi connectivity index (χ0v) is 24.5. The van der Waals surface area contributed by atoms with Crippen molar-refractivity contribution < 1.29 is 47.9 Å². The van der Waals surface area contributed by atoms with E-state index in [1.54, 1.807) is 31.4 Å². The Bertz CT molecular complexity index is 1080. The summed E-state index contributed by atoms with van der Waals surface area (Å²) >= 11 is 0. The van der Waals surface area contributed by atoms with Crippen LogP contribution in [-0.4, -0.2) is 119 Å². The minimum absolute atomic E-state index is 0.0754. The normalized spacial score (nSPS) is 13.0. The van der Waals surface area contributed by atoms with E-state index < -0.39 is 18.6 Å². The summed E-state index contributed by atoms with van der Waals surface area (Å²) in [5, 5.41) is 17.8. The van der Waals surface area contributed by atoms with Gasteiger partial charge in [0.1, 0.15) is 24.8 Å². The van der Waals surface area contributed by atoms with Crippen molar-refractivity contribution in [3.05, 3.63) is 54.1 Å². The monoisotopic (exact) mass is 607 g/mol. The van der Waals surface area contributed by atoms with Crippen molar-refractivity contribution in [2.75, 3.05) is 91.0 Å². The van der Waals surface area contributed by atoms with E-state index in [2.05, 4.69) is 27.2 Å². The number of unbranched alkanes of at least 4 members (excludes halogenated alkanes) is 1. The third kappa shape index (κ3) is 14.2. The molecule has 43 heavy (non-hydrogen) atoms. The summed E-state index contributed by atoms with van der Waals surface area (Å²) in [6.07, 6.45) is 1.99. The lowest BCUT2D eigenvalue weighted by Crippen LogP contribution is -2.46. The first-order valence-corrected chi connectivity index (χ1v) is 14.1. The maximum absolute atomic E-state index is 12.4. The van der Waals surface area contributed by atoms with E-state index in [4.69, 9.17) is 38.7 Å². The number of para-hydroxylation sites is 2. The molecular formula is C30H42FN3O9. The fourth-order valence-electron chi connectivity index (χ4n) is 4.17. The van der Waals surface area contributed by atoms with Gasteiger partial charge < -0.3 is 39.4 Å². The fourth-order valence-corrected chi connectivity index (χ4v) is 4.17. The van der Waals surface area contributed by atoms with E-state index in [9.17, 15) is 9.18 Å². The molecule has 1 aliphatic rings. The minimum atomic E-state index is -1.82. The van der Waals surface area contributed by atoms with Crippen LogP contribution in [0.25, 0.3) is 0 Å². The number of ether oxygens (including phenoxy) is 4. The molecule has 1 amide bonds. The van der Waals surface area contributed by atoms with Gasteiger partial charge in [0.15, 0.2) is 0 Å². The van der Waals surface area contributed by atoms with Crippen molar-refractivity contribution in [1.29, 1.82) is 0 Å². The van der Waals surface area contributed by atoms with Crippen LogP contribution in [-0.2, 0) is 19.1 Å². The summed E-state index contributed by atoms with van der Waals surface area (Å²) in [4.78, 5) is 35.5. The number of benzene rings is 2. The van der Waals surface area contributed by atoms with Gasteiger partial charge in [-0.25, -0.2) is 14.0 Å². The number of rotatable bonds is 17. The first-order chi connectivity index (χ1) is 20.8. The van der Waals surface area contributed by atoms with Crippen molar-refractivity contribution in [1.82, 2.24) is 10.2 Å². The molecule has 0 bridgehead atoms. The quantitative estimate of drug-likeness (QED) is 0.180. The number of nitrogens with one attached hydrogen (secondary N) is 1. The number of methoxy groups -OCH3 is 1. The SMILES string of the molecule is COc1ccccc1N1CCN(CCCCNC(=O)c2ccc(OCCOCCOCCF)cc2)CC1.O=C(O)C(=O)O. The van der Waals surface area contributed by atoms with E-state index in [-0.39, 0.29) is 12.5 Å². The highest BCUT2D eigenvalue weighted by molar-refractivity contribution is 6.27. The molecule has 0 aromatic heterocycles. The van der Waals surface area contributed by atoms with Gasteiger partial charge in [-0.1, -0.05) is 12.1 Å². The highest BCUT2D eigenvalue weighted by Crippen LogP contribution is 2.28. The fraction of sp³-hybridized carbons (Fsp3) is 0.500. The number of amides is 1. The Morgan fingerprint density at radius 2 is 1.47 bits per heavy atom. The number of anilines is 1. The van der Waals surface area contributed by atoms with E-state index >= 15 is 0 Å². The van der Waals surface area contributed by atoms with Crippen LogP contribution in [0.5, 0.6) is 11.5 Å². The molecule has 0 saturated carbocycles. The number of piperazine rings is 1. The first kappa shape index (κ1) is 35.3. The van der Waals surface area contributed by atoms with Crippen LogP contribution in [0.1, 0.15) is 23.2 Å². The Kier molecular flexibility index (Phi) is 17.1. The second kappa shape index (κ2) is 20.9. The van der Waals surface area contributed by atoms with Crippen molar-refractivity contribution >= 4 is 23.5 Å². The van der Waals surface area contributed by atoms with Crippen molar-refractivity contribution in [2.45, 2.75) is 12.8 Å². The molecule has 3 rings (SSSR count). The molecule has 3 N–H and O–H groups in total. The summed E-state index contributed by atoms with van der Waals surface area (Å²) in [6, 6.07) is 15.3. The molecule has 2 aromatic rings. The average Bonchev–Trinajstić information content (AvgIpc) is 3.03. The summed E-state index contributed by atoms with van der Waals surface area (Å²) < 4.78 is 33.4. The highest BCUT2D eigenvalue weighted by atomic mass is 19.1. The van der Waals surface area contributed by atoms with Gasteiger partial charge in [-0.2, -0.15) is 0 Å². The predicted molar refractivity (Wildman–Crippen MR) is 158 cm³/mol. The third-order valence-electron chi connectivity index (χ3n) is 6.37. The molecule has 1 aliphatic heterocycles. The predicted octanol–water partition coefficient (Wildman–Crippen LogP) is 2.56. The van der Waals surface area contributed by atoms with Gasteiger partial charge in [-0.05, 0) is 55.8 Å². The summed E-state index contributed by atoms with van der Waals surface area (Å²) in [7, 11) is 1.72. The molecule has 1 saturated heterocycles. The maximum atomic E-state index is 12.4. The Morgan fingerprint density at radius 3 is 2.09 bits per heavy atom. The Hall–Kier alpha value is -3.94. The number of nitrogens with zero attached hydrogens (tertiary/aromatic N) is 2. The van der Waals surface area contributed by atoms with Crippen LogP contribution in [0.4, 0.5) is 10.1 Å². The van der Waals surface area contributed by atoms with Gasteiger partial charge in [0.25, 0.3) is 5.91 Å². The number of alkyl halides is 1. The number of carbonyl (C=O) groups excluding carboxylic acids is 1. The molecule has 1 fully saturated rings. The molecule has 0 spiro atoms. The second-order valence-electron chi connectivity index (χ2n) is 9.36. The smallest absolute Gasteiger partial charge is 0.414 e. The zero-order valence-electron chi connectivity index (χ0n) is 24.5. The molecule has 1 heterocycles. The van der Waals surface area contributed by atoms with Crippen LogP contribution in [0.2, 0.25) is 0 Å². The maximum Gasteiger partial charge on any atom is 0.414 e. The summed E-state index contributed by atoms with van der Waals surface area (Å²) in [5.74, 6) is -2.12. The van der Waals surface area contributed by atoms with Crippen LogP contribution in [0.3, 0.4) is 0 Å². The molecule has 12 nitrogen and oxygen atoms in total. The van der Waals surface area contributed by atoms with Gasteiger partial charge in [0, 0.05) is 38.3 Å². The number of hydrogen-bond donors (Lipinski definition) is 3. The van der Waals surface area contributed by atoms with Crippen LogP contribution in [0.15, 0.2) is 48.5 Å². The molecule has 238 valence electrons. The molecule has 0 aliphatic carbocycles. The standard InChI is InChI=1S/C28H40FN3O5.C2H2O4/c1-34-27-7-3-2-6-26(27)32-17-15-31(16-18-32)14-5-4-13-30-28(33)24-8-10-25(11-9-24)37-23-22-36-21-20-35-19-12-29;3-1(4)2(5)6/h2-3,6-11H,4-5,12-23H2,1H3,(H,30,33);(H,3,4)(H,5,6). The zero-order chi connectivity index (χ0) is 31.3. The minimum Gasteiger partial charge on any atom is -0.495 e. The van der Waals surface area contributed by atoms with Gasteiger partial charge in [-0.15, -0.1) is 0 Å². The Labute approximate surface area is 251 Å². The van der Waals surface area contributed by atoms with E-state index in [0.29, 0.717) is 44.3 Å². The molecular weight excluding hydrogens is 565 g/mol. The lowest BCUT2D eigenvalue weighted by atomic mass is 10.2. The van der Waals surface area contributed by atoms with Crippen molar-refractivity contribution in [3.63, 3.8) is 0 Å². The largest absolute Gasteiger partial charge is 0.495 e. The summed E-state index contributed by atoms with van der Waals surface area (Å²) in [5.41, 5.74) is 1.77. The molecule has 0 radical (unpaired) electrons. The Morgan fingerprint density at radius 1 is 0.837 bits per heavy atom. The van der Waals surface area contributed by atoms with E-state index in [1.165, 1.54) is 0 Å². The van der Waals surface area contributed by atoms with E-state index in [1.807, 2.05) is 12.1 Å². The number of hydrogen-bond acceptors (Lipinski definition) is 9. The van der Waals surface area contributed by atoms with Gasteiger partial charge in [0.05, 0.1) is 39.2 Å². The van der Waals surface area contributed by atoms with Crippen molar-refractivity contribution in [3.8, 4) is 11.5 Å². The molecule has 13 heteroatoms. The Balaban J connectivity index is 0.000000973. The van der Waals surface area contributed by atoms with Gasteiger partial charge in [-0.3, -0.25) is 9.69 Å². The number of halogens is 1. The lowest BCUT2D eigenvalue weighted by Gasteiger charge is -2.36. The summed E-state index contributed by atoms with van der Waals surface area (Å²) in [6.45, 7) is 6.92. The first-order valence-electron chi connectivity index (χ1n) is 14.1. The highest BCUT2D eigenvalue weighted by Gasteiger charge is 2.19. The molecule has 2 aromatic carbocycles. The lowest BCUT2D eigenvalue weighted by molar-refractivity contribution is -0.159. The van der Waals surface area contributed by atoms with Crippen LogP contribution < -0.4 is 19.7 Å². The number of aliphatic carboxylic acids is 2. The van der Waals surface area contributed by atoms with Crippen LogP contribution >= 0.6 is 0 Å². The number of carboxylic acid groups (broad SMARTS) is 2. The van der Waals surface area contributed by atoms with Gasteiger partial charge in [0.2, 0.25) is 0 Å². The second-order valence-corrected chi connectivity index (χ2v) is 9.36. The van der Waals surface area contributed by atoms with Gasteiger partial charge >= 0.3 is 11.9 Å². The molecule has 0 atom stereocenters. The van der Waals surface area contributed by atoms with Crippen LogP contribution in [0, 0.1) is 0 Å². The number of carbonyl (C=O) groups is 3. The third-order valence-corrected chi connectivity index (χ3v) is 6.37. The topological polar surface area (TPSA) is 147 Å². The average molecular weight is 608 g/mol. The van der Waals surface area contributed by atoms with Crippen molar-refractivity contribution in [2.24, 2.45) is 0 Å². The van der Waals surface area contributed by atoms with E-state index in [0.717, 1.165) is 57.0 Å².